The van der Waals surface area contributed by atoms with Crippen LogP contribution in [0.25, 0.3) is 10.9 Å². The number of allylic oxidation sites excluding steroid dienone is 1. The molecule has 1 N–H and O–H groups in total. The minimum atomic E-state index is -3.75. The van der Waals surface area contributed by atoms with Gasteiger partial charge >= 0.3 is 0 Å². The number of pyridine rings is 1. The van der Waals surface area contributed by atoms with Crippen molar-refractivity contribution in [3.05, 3.63) is 88.2 Å². The normalized spacial score (nSPS) is 11.6. The van der Waals surface area contributed by atoms with Crippen molar-refractivity contribution in [2.75, 3.05) is 13.1 Å². The summed E-state index contributed by atoms with van der Waals surface area (Å²) < 4.78 is 29.0. The molecular formula is C25H29N3O4S. The van der Waals surface area contributed by atoms with Gasteiger partial charge in [-0.05, 0) is 30.7 Å². The number of sulfonamides is 1. The highest BCUT2D eigenvalue weighted by Crippen LogP contribution is 2.21. The first-order valence-electron chi connectivity index (χ1n) is 10.8. The molecule has 0 aliphatic carbocycles. The van der Waals surface area contributed by atoms with E-state index in [1.807, 2.05) is 31.2 Å². The third-order valence-electron chi connectivity index (χ3n) is 5.54. The van der Waals surface area contributed by atoms with Crippen LogP contribution < -0.4 is 10.7 Å². The fourth-order valence-corrected chi connectivity index (χ4v) is 5.17. The zero-order chi connectivity index (χ0) is 24.2. The first-order chi connectivity index (χ1) is 15.7. The number of carbonyl (C=O) groups excluding carboxylic acids is 1. The number of amides is 1. The Morgan fingerprint density at radius 1 is 1.12 bits per heavy atom. The zero-order valence-electron chi connectivity index (χ0n) is 19.2. The zero-order valence-corrected chi connectivity index (χ0v) is 20.0. The number of benzene rings is 2. The largest absolute Gasteiger partial charge is 0.348 e. The van der Waals surface area contributed by atoms with Gasteiger partial charge in [-0.3, -0.25) is 9.59 Å². The number of aromatic nitrogens is 1. The molecule has 8 heteroatoms. The number of aryl methyl sites for hydroxylation is 1. The molecule has 0 fully saturated rings. The second-order valence-electron chi connectivity index (χ2n) is 7.75. The summed E-state index contributed by atoms with van der Waals surface area (Å²) in [5, 5.41) is 2.96. The van der Waals surface area contributed by atoms with E-state index in [0.29, 0.717) is 25.2 Å². The molecule has 3 aromatic rings. The highest BCUT2D eigenvalue weighted by molar-refractivity contribution is 7.89. The predicted molar refractivity (Wildman–Crippen MR) is 131 cm³/mol. The number of hydrogen-bond donors (Lipinski definition) is 1. The van der Waals surface area contributed by atoms with E-state index >= 15 is 0 Å². The molecule has 0 aliphatic rings. The molecule has 1 aromatic heterocycles. The molecule has 33 heavy (non-hydrogen) atoms. The topological polar surface area (TPSA) is 88.5 Å². The van der Waals surface area contributed by atoms with Crippen molar-refractivity contribution in [3.8, 4) is 0 Å². The van der Waals surface area contributed by atoms with Gasteiger partial charge in [-0.15, -0.1) is 6.58 Å². The molecular weight excluding hydrogens is 438 g/mol. The van der Waals surface area contributed by atoms with Crippen LogP contribution in [0.4, 0.5) is 0 Å². The third kappa shape index (κ3) is 5.07. The Kier molecular flexibility index (Phi) is 7.50. The fraction of sp³-hybridized carbons (Fsp3) is 0.280. The van der Waals surface area contributed by atoms with Crippen molar-refractivity contribution in [2.24, 2.45) is 0 Å². The molecule has 7 nitrogen and oxygen atoms in total. The lowest BCUT2D eigenvalue weighted by Crippen LogP contribution is -2.31. The molecule has 0 spiro atoms. The number of nitrogens with zero attached hydrogens (tertiary/aromatic N) is 2. The molecule has 1 amide bonds. The lowest BCUT2D eigenvalue weighted by Gasteiger charge is -2.19. The van der Waals surface area contributed by atoms with E-state index in [-0.39, 0.29) is 22.4 Å². The van der Waals surface area contributed by atoms with E-state index in [9.17, 15) is 18.0 Å². The highest BCUT2D eigenvalue weighted by Gasteiger charge is 2.23. The van der Waals surface area contributed by atoms with Gasteiger partial charge in [0.05, 0.1) is 10.4 Å². The number of fused-ring (bicyclic) bond motifs is 1. The molecule has 0 saturated carbocycles. The quantitative estimate of drug-likeness (QED) is 0.488. The first kappa shape index (κ1) is 24.4. The van der Waals surface area contributed by atoms with Crippen molar-refractivity contribution >= 4 is 26.8 Å². The van der Waals surface area contributed by atoms with Gasteiger partial charge in [-0.2, -0.15) is 4.31 Å². The van der Waals surface area contributed by atoms with Gasteiger partial charge < -0.3 is 9.88 Å². The van der Waals surface area contributed by atoms with Crippen LogP contribution in [0.5, 0.6) is 0 Å². The molecule has 1 heterocycles. The molecule has 0 radical (unpaired) electrons. The Hall–Kier alpha value is -3.23. The van der Waals surface area contributed by atoms with E-state index in [2.05, 4.69) is 11.9 Å². The number of nitrogens with one attached hydrogen (secondary N) is 1. The molecule has 2 aromatic carbocycles. The number of hydrogen-bond acceptors (Lipinski definition) is 4. The van der Waals surface area contributed by atoms with Gasteiger partial charge in [0, 0.05) is 37.8 Å². The first-order valence-corrected chi connectivity index (χ1v) is 12.3. The summed E-state index contributed by atoms with van der Waals surface area (Å²) in [6.07, 6.45) is 3.15. The van der Waals surface area contributed by atoms with Crippen LogP contribution >= 0.6 is 0 Å². The second kappa shape index (κ2) is 10.1. The Morgan fingerprint density at radius 2 is 1.79 bits per heavy atom. The highest BCUT2D eigenvalue weighted by atomic mass is 32.2. The molecule has 0 unspecified atom stereocenters. The number of carbonyl (C=O) groups is 1. The third-order valence-corrected chi connectivity index (χ3v) is 7.58. The van der Waals surface area contributed by atoms with Crippen molar-refractivity contribution in [1.82, 2.24) is 14.2 Å². The van der Waals surface area contributed by atoms with E-state index in [1.54, 1.807) is 30.6 Å². The van der Waals surface area contributed by atoms with E-state index in [1.165, 1.54) is 22.6 Å². The van der Waals surface area contributed by atoms with Crippen molar-refractivity contribution < 1.29 is 13.2 Å². The van der Waals surface area contributed by atoms with Gasteiger partial charge in [0.1, 0.15) is 5.56 Å². The average molecular weight is 468 g/mol. The van der Waals surface area contributed by atoms with Crippen LogP contribution in [0.3, 0.4) is 0 Å². The molecule has 0 bridgehead atoms. The van der Waals surface area contributed by atoms with Gasteiger partial charge in [-0.1, -0.05) is 49.8 Å². The maximum Gasteiger partial charge on any atom is 0.257 e. The van der Waals surface area contributed by atoms with Crippen LogP contribution in [-0.2, 0) is 23.1 Å². The van der Waals surface area contributed by atoms with Crippen LogP contribution in [0.1, 0.15) is 35.3 Å². The maximum absolute atomic E-state index is 13.3. The molecule has 3 rings (SSSR count). The van der Waals surface area contributed by atoms with Crippen LogP contribution in [-0.4, -0.2) is 36.3 Å². The summed E-state index contributed by atoms with van der Waals surface area (Å²) >= 11 is 0. The molecule has 0 saturated heterocycles. The SMILES string of the molecule is C=CCn1cc(C(=O)NCc2ccc(C)cc2)c(=O)c2cc(S(=O)(=O)N(CC)CC)ccc21. The molecule has 174 valence electrons. The van der Waals surface area contributed by atoms with Crippen LogP contribution in [0, 0.1) is 6.92 Å². The number of rotatable bonds is 9. The van der Waals surface area contributed by atoms with Gasteiger partial charge in [0.25, 0.3) is 5.91 Å². The Bertz CT molecular complexity index is 1340. The summed E-state index contributed by atoms with van der Waals surface area (Å²) in [4.78, 5) is 26.2. The van der Waals surface area contributed by atoms with Crippen molar-refractivity contribution in [3.63, 3.8) is 0 Å². The van der Waals surface area contributed by atoms with Crippen LogP contribution in [0.15, 0.2) is 71.0 Å². The smallest absolute Gasteiger partial charge is 0.257 e. The average Bonchev–Trinajstić information content (AvgIpc) is 2.80. The van der Waals surface area contributed by atoms with Crippen molar-refractivity contribution in [2.45, 2.75) is 38.8 Å². The van der Waals surface area contributed by atoms with E-state index in [4.69, 9.17) is 0 Å². The van der Waals surface area contributed by atoms with Crippen LogP contribution in [0.2, 0.25) is 0 Å². The monoisotopic (exact) mass is 467 g/mol. The van der Waals surface area contributed by atoms with Gasteiger partial charge in [0.2, 0.25) is 15.5 Å². The van der Waals surface area contributed by atoms with Gasteiger partial charge in [0.15, 0.2) is 0 Å². The summed E-state index contributed by atoms with van der Waals surface area (Å²) in [7, 11) is -3.75. The fourth-order valence-electron chi connectivity index (χ4n) is 3.68. The van der Waals surface area contributed by atoms with Gasteiger partial charge in [-0.25, -0.2) is 8.42 Å². The maximum atomic E-state index is 13.3. The molecule has 0 atom stereocenters. The predicted octanol–water partition coefficient (Wildman–Crippen LogP) is 3.46. The summed E-state index contributed by atoms with van der Waals surface area (Å²) in [5.41, 5.74) is 2.00. The Morgan fingerprint density at radius 3 is 2.39 bits per heavy atom. The van der Waals surface area contributed by atoms with E-state index in [0.717, 1.165) is 11.1 Å². The lowest BCUT2D eigenvalue weighted by atomic mass is 10.1. The minimum Gasteiger partial charge on any atom is -0.348 e. The Labute approximate surface area is 194 Å². The van der Waals surface area contributed by atoms with E-state index < -0.39 is 21.4 Å². The summed E-state index contributed by atoms with van der Waals surface area (Å²) in [6.45, 7) is 10.5. The standard InChI is InChI=1S/C25H29N3O4S/c1-5-14-27-17-22(25(30)26-16-19-10-8-18(4)9-11-19)24(29)21-15-20(12-13-23(21)27)33(31,32)28(6-2)7-3/h5,8-13,15,17H,1,6-7,14,16H2,2-4H3,(H,26,30). The van der Waals surface area contributed by atoms with Crippen molar-refractivity contribution in [1.29, 1.82) is 0 Å². The molecule has 0 aliphatic heterocycles. The second-order valence-corrected chi connectivity index (χ2v) is 9.69. The lowest BCUT2D eigenvalue weighted by molar-refractivity contribution is 0.0949. The summed E-state index contributed by atoms with van der Waals surface area (Å²) in [6, 6.07) is 12.2. The minimum absolute atomic E-state index is 0.0261. The summed E-state index contributed by atoms with van der Waals surface area (Å²) in [5.74, 6) is -0.516. The Balaban J connectivity index is 2.07.